The van der Waals surface area contributed by atoms with E-state index in [-0.39, 0.29) is 18.2 Å². The van der Waals surface area contributed by atoms with Crippen LogP contribution in [0.15, 0.2) is 109 Å². The first-order valence-corrected chi connectivity index (χ1v) is 13.8. The Morgan fingerprint density at radius 2 is 0.929 bits per heavy atom. The maximum Gasteiger partial charge on any atom is 0.325 e. The van der Waals surface area contributed by atoms with E-state index in [0.717, 1.165) is 47.0 Å². The lowest BCUT2D eigenvalue weighted by Gasteiger charge is -2.09. The van der Waals surface area contributed by atoms with E-state index in [1.165, 1.54) is 0 Å². The van der Waals surface area contributed by atoms with Crippen LogP contribution in [0.3, 0.4) is 0 Å². The zero-order valence-corrected chi connectivity index (χ0v) is 22.7. The van der Waals surface area contributed by atoms with Crippen molar-refractivity contribution in [1.82, 2.24) is 9.97 Å². The Morgan fingerprint density at radius 1 is 0.524 bits per heavy atom. The van der Waals surface area contributed by atoms with Crippen molar-refractivity contribution in [3.8, 4) is 57.1 Å². The first-order valence-electron chi connectivity index (χ1n) is 13.8. The highest BCUT2D eigenvalue weighted by Gasteiger charge is 2.23. The van der Waals surface area contributed by atoms with Crippen LogP contribution in [0.5, 0.6) is 34.9 Å². The van der Waals surface area contributed by atoms with E-state index in [9.17, 15) is 0 Å². The summed E-state index contributed by atoms with van der Waals surface area (Å²) in [5.41, 5.74) is 4.31. The van der Waals surface area contributed by atoms with Gasteiger partial charge >= 0.3 is 6.01 Å². The molecule has 0 aliphatic carbocycles. The minimum Gasteiger partial charge on any atom is -0.491 e. The summed E-state index contributed by atoms with van der Waals surface area (Å²) in [7, 11) is 0. The molecule has 0 bridgehead atoms. The second kappa shape index (κ2) is 11.9. The molecule has 7 rings (SSSR count). The molecule has 4 aromatic carbocycles. The van der Waals surface area contributed by atoms with Gasteiger partial charge in [-0.25, -0.2) is 4.98 Å². The van der Waals surface area contributed by atoms with Crippen LogP contribution < -0.4 is 18.9 Å². The molecule has 2 fully saturated rings. The number of rotatable bonds is 12. The summed E-state index contributed by atoms with van der Waals surface area (Å²) >= 11 is 0. The number of nitrogens with zero attached hydrogens (tertiary/aromatic N) is 2. The smallest absolute Gasteiger partial charge is 0.325 e. The van der Waals surface area contributed by atoms with Gasteiger partial charge < -0.3 is 28.4 Å². The normalized spacial score (nSPS) is 16.9. The topological polar surface area (TPSA) is 87.8 Å². The Morgan fingerprint density at radius 3 is 1.36 bits per heavy atom. The maximum atomic E-state index is 5.97. The van der Waals surface area contributed by atoms with Gasteiger partial charge in [0.2, 0.25) is 5.88 Å². The number of benzene rings is 4. The molecule has 1 aromatic heterocycles. The summed E-state index contributed by atoms with van der Waals surface area (Å²) in [6.07, 6.45) is 2.09. The van der Waals surface area contributed by atoms with Crippen molar-refractivity contribution < 1.29 is 28.4 Å². The summed E-state index contributed by atoms with van der Waals surface area (Å²) in [5.74, 6) is 3.35. The van der Waals surface area contributed by atoms with Gasteiger partial charge in [0.05, 0.1) is 13.2 Å². The second-order valence-corrected chi connectivity index (χ2v) is 10.0. The van der Waals surface area contributed by atoms with Gasteiger partial charge in [0.1, 0.15) is 48.4 Å². The lowest BCUT2D eigenvalue weighted by atomic mass is 10.1. The van der Waals surface area contributed by atoms with Crippen LogP contribution in [0.4, 0.5) is 0 Å². The molecule has 0 N–H and O–H groups in total. The average Bonchev–Trinajstić information content (AvgIpc) is 3.97. The summed E-state index contributed by atoms with van der Waals surface area (Å²) in [6.45, 7) is 2.76. The van der Waals surface area contributed by atoms with Crippen molar-refractivity contribution in [2.45, 2.75) is 12.2 Å². The molecule has 3 heterocycles. The molecule has 2 unspecified atom stereocenters. The first kappa shape index (κ1) is 26.0. The van der Waals surface area contributed by atoms with Crippen molar-refractivity contribution in [1.29, 1.82) is 0 Å². The average molecular weight is 561 g/mol. The molecule has 8 heteroatoms. The fourth-order valence-corrected chi connectivity index (χ4v) is 4.28. The van der Waals surface area contributed by atoms with Gasteiger partial charge in [-0.15, -0.1) is 0 Å². The van der Waals surface area contributed by atoms with E-state index in [0.29, 0.717) is 30.6 Å². The summed E-state index contributed by atoms with van der Waals surface area (Å²) in [5, 5.41) is 0. The van der Waals surface area contributed by atoms with Gasteiger partial charge in [-0.1, -0.05) is 48.5 Å². The molecule has 0 saturated carbocycles. The molecule has 0 radical (unpaired) electrons. The van der Waals surface area contributed by atoms with E-state index in [1.54, 1.807) is 12.3 Å². The van der Waals surface area contributed by atoms with Gasteiger partial charge in [0.25, 0.3) is 0 Å². The molecular weight excluding hydrogens is 532 g/mol. The Balaban J connectivity index is 0.941. The van der Waals surface area contributed by atoms with Gasteiger partial charge in [-0.2, -0.15) is 4.98 Å². The number of hydrogen-bond acceptors (Lipinski definition) is 8. The van der Waals surface area contributed by atoms with Gasteiger partial charge in [-0.05, 0) is 70.8 Å². The van der Waals surface area contributed by atoms with Crippen LogP contribution in [0.1, 0.15) is 0 Å². The van der Waals surface area contributed by atoms with Crippen molar-refractivity contribution in [2.24, 2.45) is 0 Å². The molecule has 2 saturated heterocycles. The Hall–Kier alpha value is -4.92. The largest absolute Gasteiger partial charge is 0.491 e. The van der Waals surface area contributed by atoms with Crippen LogP contribution in [0.2, 0.25) is 0 Å². The molecule has 2 atom stereocenters. The number of hydrogen-bond donors (Lipinski definition) is 0. The summed E-state index contributed by atoms with van der Waals surface area (Å²) in [4.78, 5) is 8.65. The monoisotopic (exact) mass is 560 g/mol. The van der Waals surface area contributed by atoms with Crippen LogP contribution >= 0.6 is 0 Å². The van der Waals surface area contributed by atoms with E-state index >= 15 is 0 Å². The molecule has 0 spiro atoms. The highest BCUT2D eigenvalue weighted by Crippen LogP contribution is 2.29. The Labute approximate surface area is 243 Å². The van der Waals surface area contributed by atoms with E-state index in [4.69, 9.17) is 28.4 Å². The van der Waals surface area contributed by atoms with Crippen molar-refractivity contribution >= 4 is 0 Å². The van der Waals surface area contributed by atoms with Crippen molar-refractivity contribution in [2.75, 3.05) is 26.4 Å². The van der Waals surface area contributed by atoms with Gasteiger partial charge in [0, 0.05) is 12.3 Å². The third-order valence-corrected chi connectivity index (χ3v) is 6.80. The molecule has 5 aromatic rings. The quantitative estimate of drug-likeness (QED) is 0.152. The molecular formula is C34H28N2O6. The third kappa shape index (κ3) is 6.86. The summed E-state index contributed by atoms with van der Waals surface area (Å²) < 4.78 is 33.7. The molecule has 2 aliphatic heterocycles. The number of aromatic nitrogens is 2. The van der Waals surface area contributed by atoms with Crippen LogP contribution in [-0.4, -0.2) is 48.6 Å². The van der Waals surface area contributed by atoms with Crippen LogP contribution in [0, 0.1) is 0 Å². The van der Waals surface area contributed by atoms with Crippen molar-refractivity contribution in [3.63, 3.8) is 0 Å². The molecule has 2 aliphatic rings. The minimum absolute atomic E-state index is 0.202. The van der Waals surface area contributed by atoms with E-state index in [1.807, 2.05) is 97.1 Å². The zero-order chi connectivity index (χ0) is 28.1. The fourth-order valence-electron chi connectivity index (χ4n) is 4.28. The SMILES string of the molecule is c1cc(Oc2ccc(-c3ccc(OCC4CO4)cc3)cc2)nc(Oc2ccc(-c3ccc(OCC4CO4)cc3)cc2)n1. The lowest BCUT2D eigenvalue weighted by Crippen LogP contribution is -2.03. The molecule has 210 valence electrons. The predicted molar refractivity (Wildman–Crippen MR) is 156 cm³/mol. The van der Waals surface area contributed by atoms with Gasteiger partial charge in [0.15, 0.2) is 0 Å². The highest BCUT2D eigenvalue weighted by atomic mass is 16.6. The number of epoxide rings is 2. The van der Waals surface area contributed by atoms with E-state index < -0.39 is 0 Å². The third-order valence-electron chi connectivity index (χ3n) is 6.80. The standard InChI is InChI=1S/C34H28N2O6/c1-9-27(37-19-31-21-39-31)10-2-23(1)25-5-13-29(14-6-25)41-33-17-18-35-34(36-33)42-30-15-7-26(8-16-30)24-3-11-28(12-4-24)38-20-32-22-40-32/h1-18,31-32H,19-22H2. The Bertz CT molecular complexity index is 1500. The maximum absolute atomic E-state index is 5.97. The van der Waals surface area contributed by atoms with E-state index in [2.05, 4.69) is 9.97 Å². The van der Waals surface area contributed by atoms with Gasteiger partial charge in [-0.3, -0.25) is 0 Å². The zero-order valence-electron chi connectivity index (χ0n) is 22.7. The van der Waals surface area contributed by atoms with Crippen molar-refractivity contribution in [3.05, 3.63) is 109 Å². The molecule has 0 amide bonds. The predicted octanol–water partition coefficient (Wildman–Crippen LogP) is 6.95. The van der Waals surface area contributed by atoms with Crippen LogP contribution in [0.25, 0.3) is 22.3 Å². The first-order chi connectivity index (χ1) is 20.7. The summed E-state index contributed by atoms with van der Waals surface area (Å²) in [6, 6.07) is 33.5. The lowest BCUT2D eigenvalue weighted by molar-refractivity contribution is 0.263. The number of ether oxygens (including phenoxy) is 6. The highest BCUT2D eigenvalue weighted by molar-refractivity contribution is 5.66. The fraction of sp³-hybridized carbons (Fsp3) is 0.176. The second-order valence-electron chi connectivity index (χ2n) is 10.0. The van der Waals surface area contributed by atoms with Crippen LogP contribution in [-0.2, 0) is 9.47 Å². The minimum atomic E-state index is 0.202. The Kier molecular flexibility index (Phi) is 7.37. The molecule has 8 nitrogen and oxygen atoms in total. The molecule has 42 heavy (non-hydrogen) atoms.